The van der Waals surface area contributed by atoms with E-state index in [-0.39, 0.29) is 24.5 Å². The van der Waals surface area contributed by atoms with E-state index >= 15 is 0 Å². The first-order chi connectivity index (χ1) is 10.8. The summed E-state index contributed by atoms with van der Waals surface area (Å²) in [5.41, 5.74) is 6.90. The number of aryl methyl sites for hydroxylation is 1. The Morgan fingerprint density at radius 1 is 1.39 bits per heavy atom. The van der Waals surface area contributed by atoms with Crippen molar-refractivity contribution in [3.8, 4) is 5.75 Å². The van der Waals surface area contributed by atoms with Gasteiger partial charge in [-0.05, 0) is 52.9 Å². The number of rotatable bonds is 9. The number of nitrogens with two attached hydrogens (primary N) is 1. The minimum Gasteiger partial charge on any atom is -0.490 e. The van der Waals surface area contributed by atoms with Crippen molar-refractivity contribution in [2.45, 2.75) is 45.8 Å². The first kappa shape index (κ1) is 19.9. The molecule has 0 aromatic heterocycles. The zero-order chi connectivity index (χ0) is 17.4. The summed E-state index contributed by atoms with van der Waals surface area (Å²) in [6.07, 6.45) is 0.242. The second-order valence-electron chi connectivity index (χ2n) is 5.77. The predicted molar refractivity (Wildman–Crippen MR) is 93.4 cm³/mol. The van der Waals surface area contributed by atoms with Crippen LogP contribution in [0.1, 0.15) is 32.8 Å². The number of carbonyl (C=O) groups excluding carboxylic acids is 1. The highest BCUT2D eigenvalue weighted by Crippen LogP contribution is 2.27. The summed E-state index contributed by atoms with van der Waals surface area (Å²) in [5, 5.41) is 9.97. The summed E-state index contributed by atoms with van der Waals surface area (Å²) in [7, 11) is 0. The second kappa shape index (κ2) is 9.90. The minimum absolute atomic E-state index is 0.139. The van der Waals surface area contributed by atoms with E-state index in [1.807, 2.05) is 32.0 Å². The topological polar surface area (TPSA) is 81.8 Å². The van der Waals surface area contributed by atoms with Crippen LogP contribution in [0.4, 0.5) is 0 Å². The molecule has 0 amide bonds. The van der Waals surface area contributed by atoms with Gasteiger partial charge in [0.15, 0.2) is 0 Å². The van der Waals surface area contributed by atoms with Crippen LogP contribution in [0.15, 0.2) is 22.7 Å². The normalized spacial score (nSPS) is 13.7. The Balaban J connectivity index is 2.54. The molecule has 5 nitrogen and oxygen atoms in total. The lowest BCUT2D eigenvalue weighted by atomic mass is 10.0. The Kier molecular flexibility index (Phi) is 8.58. The van der Waals surface area contributed by atoms with Gasteiger partial charge in [-0.15, -0.1) is 0 Å². The molecule has 1 rings (SSSR count). The van der Waals surface area contributed by atoms with Crippen LogP contribution in [0.25, 0.3) is 0 Å². The highest BCUT2D eigenvalue weighted by atomic mass is 79.9. The highest BCUT2D eigenvalue weighted by Gasteiger charge is 2.19. The van der Waals surface area contributed by atoms with E-state index in [2.05, 4.69) is 15.9 Å². The maximum absolute atomic E-state index is 11.4. The minimum atomic E-state index is -0.717. The van der Waals surface area contributed by atoms with E-state index in [0.29, 0.717) is 25.2 Å². The second-order valence-corrected chi connectivity index (χ2v) is 6.62. The van der Waals surface area contributed by atoms with Gasteiger partial charge in [0, 0.05) is 12.5 Å². The fourth-order valence-corrected chi connectivity index (χ4v) is 2.57. The molecule has 23 heavy (non-hydrogen) atoms. The summed E-state index contributed by atoms with van der Waals surface area (Å²) in [6, 6.07) is 5.30. The van der Waals surface area contributed by atoms with Gasteiger partial charge < -0.3 is 20.3 Å². The highest BCUT2D eigenvalue weighted by molar-refractivity contribution is 9.10. The van der Waals surface area contributed by atoms with Crippen LogP contribution in [0.3, 0.4) is 0 Å². The molecule has 0 fully saturated rings. The third-order valence-electron chi connectivity index (χ3n) is 3.54. The number of esters is 1. The smallest absolute Gasteiger partial charge is 0.306 e. The van der Waals surface area contributed by atoms with Gasteiger partial charge in [-0.25, -0.2) is 0 Å². The first-order valence-electron chi connectivity index (χ1n) is 7.85. The fraction of sp³-hybridized carbons (Fsp3) is 0.588. The first-order valence-corrected chi connectivity index (χ1v) is 8.65. The molecule has 0 spiro atoms. The molecule has 0 aliphatic heterocycles. The van der Waals surface area contributed by atoms with Crippen LogP contribution in [0, 0.1) is 5.92 Å². The van der Waals surface area contributed by atoms with Gasteiger partial charge in [-0.3, -0.25) is 4.79 Å². The maximum Gasteiger partial charge on any atom is 0.306 e. The largest absolute Gasteiger partial charge is 0.490 e. The van der Waals surface area contributed by atoms with Gasteiger partial charge in [0.25, 0.3) is 0 Å². The number of aliphatic hydroxyl groups excluding tert-OH is 1. The fourth-order valence-electron chi connectivity index (χ4n) is 2.03. The summed E-state index contributed by atoms with van der Waals surface area (Å²) >= 11 is 3.45. The van der Waals surface area contributed by atoms with Crippen molar-refractivity contribution in [3.05, 3.63) is 28.2 Å². The number of benzene rings is 1. The molecule has 2 unspecified atom stereocenters. The quantitative estimate of drug-likeness (QED) is 0.636. The average Bonchev–Trinajstić information content (AvgIpc) is 2.51. The molecule has 3 N–H and O–H groups in total. The Hall–Kier alpha value is -1.11. The van der Waals surface area contributed by atoms with Gasteiger partial charge in [-0.1, -0.05) is 19.9 Å². The van der Waals surface area contributed by atoms with E-state index in [1.165, 1.54) is 0 Å². The number of hydrogen-bond donors (Lipinski definition) is 2. The molecule has 0 saturated heterocycles. The van der Waals surface area contributed by atoms with Crippen LogP contribution in [0.2, 0.25) is 0 Å². The lowest BCUT2D eigenvalue weighted by Gasteiger charge is -2.22. The van der Waals surface area contributed by atoms with Crippen molar-refractivity contribution in [1.82, 2.24) is 0 Å². The molecule has 1 aromatic carbocycles. The van der Waals surface area contributed by atoms with Crippen LogP contribution in [0.5, 0.6) is 5.75 Å². The summed E-state index contributed by atoms with van der Waals surface area (Å²) in [6.45, 7) is 6.25. The van der Waals surface area contributed by atoms with Crippen molar-refractivity contribution >= 4 is 21.9 Å². The summed E-state index contributed by atoms with van der Waals surface area (Å²) in [5.74, 6) is 0.622. The molecule has 0 heterocycles. The van der Waals surface area contributed by atoms with E-state index < -0.39 is 6.10 Å². The zero-order valence-corrected chi connectivity index (χ0v) is 15.5. The van der Waals surface area contributed by atoms with E-state index in [0.717, 1.165) is 10.0 Å². The Morgan fingerprint density at radius 3 is 2.65 bits per heavy atom. The van der Waals surface area contributed by atoms with Crippen molar-refractivity contribution in [1.29, 1.82) is 0 Å². The van der Waals surface area contributed by atoms with Crippen LogP contribution in [-0.4, -0.2) is 36.4 Å². The van der Waals surface area contributed by atoms with Crippen molar-refractivity contribution in [2.24, 2.45) is 11.7 Å². The molecule has 0 saturated carbocycles. The summed E-state index contributed by atoms with van der Waals surface area (Å²) < 4.78 is 11.3. The standard InChI is InChI=1S/C17H26BrNO4/c1-4-22-16(21)8-6-12-5-7-15(13(18)9-12)23-10-14(20)17(19)11(2)3/h5,7,9,11,14,17,20H,4,6,8,10,19H2,1-3H3. The van der Waals surface area contributed by atoms with Gasteiger partial charge in [-0.2, -0.15) is 0 Å². The van der Waals surface area contributed by atoms with Crippen molar-refractivity contribution < 1.29 is 19.4 Å². The molecule has 0 aliphatic rings. The molecular formula is C17H26BrNO4. The van der Waals surface area contributed by atoms with Crippen LogP contribution >= 0.6 is 15.9 Å². The maximum atomic E-state index is 11.4. The lowest BCUT2D eigenvalue weighted by Crippen LogP contribution is -2.42. The molecular weight excluding hydrogens is 362 g/mol. The van der Waals surface area contributed by atoms with Gasteiger partial charge in [0.05, 0.1) is 11.1 Å². The van der Waals surface area contributed by atoms with Crippen LogP contribution in [-0.2, 0) is 16.0 Å². The number of ether oxygens (including phenoxy) is 2. The molecule has 6 heteroatoms. The number of aliphatic hydroxyl groups is 1. The third-order valence-corrected chi connectivity index (χ3v) is 4.16. The Morgan fingerprint density at radius 2 is 2.09 bits per heavy atom. The number of halogens is 1. The van der Waals surface area contributed by atoms with Crippen molar-refractivity contribution in [3.63, 3.8) is 0 Å². The SMILES string of the molecule is CCOC(=O)CCc1ccc(OCC(O)C(N)C(C)C)c(Br)c1. The molecule has 130 valence electrons. The zero-order valence-electron chi connectivity index (χ0n) is 13.9. The van der Waals surface area contributed by atoms with Gasteiger partial charge in [0.2, 0.25) is 0 Å². The Bertz CT molecular complexity index is 507. The third kappa shape index (κ3) is 6.89. The molecule has 0 bridgehead atoms. The van der Waals surface area contributed by atoms with Gasteiger partial charge in [0.1, 0.15) is 18.5 Å². The molecule has 2 atom stereocenters. The molecule has 0 aliphatic carbocycles. The monoisotopic (exact) mass is 387 g/mol. The lowest BCUT2D eigenvalue weighted by molar-refractivity contribution is -0.143. The Labute approximate surface area is 146 Å². The van der Waals surface area contributed by atoms with E-state index in [9.17, 15) is 9.90 Å². The van der Waals surface area contributed by atoms with Crippen LogP contribution < -0.4 is 10.5 Å². The number of hydrogen-bond acceptors (Lipinski definition) is 5. The van der Waals surface area contributed by atoms with E-state index in [4.69, 9.17) is 15.2 Å². The molecule has 0 radical (unpaired) electrons. The van der Waals surface area contributed by atoms with E-state index in [1.54, 1.807) is 6.92 Å². The van der Waals surface area contributed by atoms with Gasteiger partial charge >= 0.3 is 5.97 Å². The molecule has 1 aromatic rings. The number of carbonyl (C=O) groups is 1. The van der Waals surface area contributed by atoms with Crippen molar-refractivity contribution in [2.75, 3.05) is 13.2 Å². The predicted octanol–water partition coefficient (Wildman–Crippen LogP) is 2.67. The average molecular weight is 388 g/mol. The summed E-state index contributed by atoms with van der Waals surface area (Å²) in [4.78, 5) is 11.4.